The van der Waals surface area contributed by atoms with Crippen molar-refractivity contribution in [1.29, 1.82) is 0 Å². The second-order valence-electron chi connectivity index (χ2n) is 7.09. The maximum Gasteiger partial charge on any atom is 0.222 e. The lowest BCUT2D eigenvalue weighted by Gasteiger charge is -2.50. The Kier molecular flexibility index (Phi) is 4.98. The highest BCUT2D eigenvalue weighted by Gasteiger charge is 2.45. The number of fused-ring (bicyclic) bond motifs is 3. The summed E-state index contributed by atoms with van der Waals surface area (Å²) in [5, 5.41) is 17.4. The van der Waals surface area contributed by atoms with E-state index < -0.39 is 11.5 Å². The molecule has 0 spiro atoms. The van der Waals surface area contributed by atoms with Gasteiger partial charge in [0.05, 0.1) is 16.9 Å². The van der Waals surface area contributed by atoms with Crippen molar-refractivity contribution in [1.82, 2.24) is 25.2 Å². The molecular weight excluding hydrogens is 367 g/mol. The average molecular weight is 388 g/mol. The largest absolute Gasteiger partial charge is 0.386 e. The highest BCUT2D eigenvalue weighted by molar-refractivity contribution is 7.80. The Morgan fingerprint density at radius 3 is 2.85 bits per heavy atom. The van der Waals surface area contributed by atoms with Crippen molar-refractivity contribution in [3.63, 3.8) is 0 Å². The molecule has 2 aromatic rings. The van der Waals surface area contributed by atoms with Crippen LogP contribution in [-0.4, -0.2) is 61.9 Å². The molecule has 9 heteroatoms. The molecule has 2 aromatic heterocycles. The minimum absolute atomic E-state index is 0.295. The maximum absolute atomic E-state index is 13.9. The number of nitrogens with one attached hydrogen (secondary N) is 2. The van der Waals surface area contributed by atoms with E-state index >= 15 is 0 Å². The van der Waals surface area contributed by atoms with Crippen molar-refractivity contribution in [3.05, 3.63) is 36.7 Å². The van der Waals surface area contributed by atoms with Crippen LogP contribution in [0, 0.1) is 11.9 Å². The fraction of sp³-hybridized carbons (Fsp3) is 0.444. The van der Waals surface area contributed by atoms with Crippen molar-refractivity contribution < 1.29 is 9.50 Å². The van der Waals surface area contributed by atoms with Crippen LogP contribution < -0.4 is 10.6 Å². The van der Waals surface area contributed by atoms with Crippen LogP contribution in [0.4, 0.5) is 10.2 Å². The van der Waals surface area contributed by atoms with Gasteiger partial charge in [-0.05, 0) is 56.2 Å². The molecule has 3 saturated heterocycles. The quantitative estimate of drug-likeness (QED) is 0.536. The molecule has 27 heavy (non-hydrogen) atoms. The molecular formula is C18H21FN6OS. The standard InChI is InChI=1S/C18H21FN6OS/c19-16-13(2-1-5-20-16)14-8-15(23-11-22-14)24-17(27)21-9-18(26)10-25-6-3-12(18)4-7-25/h1-2,5,8,11-12,26H,3-4,6-7,9-10H2,(H2,21,22,23,24,27). The number of anilines is 1. The molecule has 2 bridgehead atoms. The van der Waals surface area contributed by atoms with Crippen LogP contribution in [0.2, 0.25) is 0 Å². The number of thiocarbonyl (C=S) groups is 1. The molecule has 3 aliphatic heterocycles. The maximum atomic E-state index is 13.9. The molecule has 0 aromatic carbocycles. The van der Waals surface area contributed by atoms with E-state index in [2.05, 4.69) is 30.5 Å². The lowest BCUT2D eigenvalue weighted by atomic mass is 9.75. The van der Waals surface area contributed by atoms with Gasteiger partial charge in [-0.2, -0.15) is 4.39 Å². The zero-order valence-electron chi connectivity index (χ0n) is 14.7. The van der Waals surface area contributed by atoms with Crippen LogP contribution in [0.15, 0.2) is 30.7 Å². The number of aromatic nitrogens is 3. The van der Waals surface area contributed by atoms with Gasteiger partial charge in [0.2, 0.25) is 5.95 Å². The van der Waals surface area contributed by atoms with E-state index in [1.807, 2.05) is 0 Å². The van der Waals surface area contributed by atoms with Gasteiger partial charge >= 0.3 is 0 Å². The van der Waals surface area contributed by atoms with E-state index in [-0.39, 0.29) is 0 Å². The number of rotatable bonds is 4. The summed E-state index contributed by atoms with van der Waals surface area (Å²) in [4.78, 5) is 14.1. The molecule has 3 aliphatic rings. The minimum atomic E-state index is -0.766. The highest BCUT2D eigenvalue weighted by Crippen LogP contribution is 2.35. The Bertz CT molecular complexity index is 844. The zero-order valence-corrected chi connectivity index (χ0v) is 15.5. The molecule has 0 amide bonds. The van der Waals surface area contributed by atoms with Gasteiger partial charge in [0.1, 0.15) is 12.1 Å². The Labute approximate surface area is 162 Å². The summed E-state index contributed by atoms with van der Waals surface area (Å²) >= 11 is 5.33. The molecule has 5 rings (SSSR count). The lowest BCUT2D eigenvalue weighted by molar-refractivity contribution is -0.107. The van der Waals surface area contributed by atoms with E-state index in [0.717, 1.165) is 25.9 Å². The predicted octanol–water partition coefficient (Wildman–Crippen LogP) is 1.42. The third-order valence-corrected chi connectivity index (χ3v) is 5.59. The SMILES string of the molecule is OC1(CNC(=S)Nc2cc(-c3cccnc3F)ncn2)CN2CCC1CC2. The van der Waals surface area contributed by atoms with Crippen LogP contribution in [0.25, 0.3) is 11.3 Å². The van der Waals surface area contributed by atoms with Gasteiger partial charge in [-0.1, -0.05) is 0 Å². The topological polar surface area (TPSA) is 86.2 Å². The smallest absolute Gasteiger partial charge is 0.222 e. The van der Waals surface area contributed by atoms with Gasteiger partial charge in [0, 0.05) is 25.4 Å². The van der Waals surface area contributed by atoms with Gasteiger partial charge in [0.25, 0.3) is 0 Å². The summed E-state index contributed by atoms with van der Waals surface area (Å²) in [5.41, 5.74) is -0.0573. The third kappa shape index (κ3) is 3.90. The van der Waals surface area contributed by atoms with Gasteiger partial charge < -0.3 is 20.6 Å². The molecule has 0 saturated carbocycles. The minimum Gasteiger partial charge on any atom is -0.386 e. The van der Waals surface area contributed by atoms with E-state index in [1.54, 1.807) is 18.2 Å². The van der Waals surface area contributed by atoms with Crippen LogP contribution in [0.3, 0.4) is 0 Å². The second kappa shape index (κ2) is 7.41. The van der Waals surface area contributed by atoms with Crippen LogP contribution in [0.5, 0.6) is 0 Å². The lowest BCUT2D eigenvalue weighted by Crippen LogP contribution is -2.63. The molecule has 3 fully saturated rings. The first-order chi connectivity index (χ1) is 13.0. The molecule has 0 radical (unpaired) electrons. The first-order valence-corrected chi connectivity index (χ1v) is 9.37. The summed E-state index contributed by atoms with van der Waals surface area (Å²) in [6, 6.07) is 4.86. The predicted molar refractivity (Wildman–Crippen MR) is 104 cm³/mol. The molecule has 3 N–H and O–H groups in total. The number of hydrogen-bond donors (Lipinski definition) is 3. The third-order valence-electron chi connectivity index (χ3n) is 5.34. The summed E-state index contributed by atoms with van der Waals surface area (Å²) < 4.78 is 13.9. The number of aliphatic hydroxyl groups is 1. The molecule has 1 atom stereocenters. The fourth-order valence-corrected chi connectivity index (χ4v) is 4.07. The highest BCUT2D eigenvalue weighted by atomic mass is 32.1. The average Bonchev–Trinajstić information content (AvgIpc) is 2.68. The van der Waals surface area contributed by atoms with E-state index in [4.69, 9.17) is 12.2 Å². The van der Waals surface area contributed by atoms with E-state index in [9.17, 15) is 9.50 Å². The first-order valence-electron chi connectivity index (χ1n) is 8.96. The summed E-state index contributed by atoms with van der Waals surface area (Å²) in [6.45, 7) is 3.18. The summed E-state index contributed by atoms with van der Waals surface area (Å²) in [6.07, 6.45) is 4.76. The number of pyridine rings is 1. The second-order valence-corrected chi connectivity index (χ2v) is 7.50. The number of nitrogens with zero attached hydrogens (tertiary/aromatic N) is 4. The Morgan fingerprint density at radius 2 is 2.15 bits per heavy atom. The molecule has 142 valence electrons. The monoisotopic (exact) mass is 388 g/mol. The molecule has 1 unspecified atom stereocenters. The van der Waals surface area contributed by atoms with Gasteiger partial charge in [-0.15, -0.1) is 0 Å². The first kappa shape index (κ1) is 18.1. The molecule has 7 nitrogen and oxygen atoms in total. The van der Waals surface area contributed by atoms with Gasteiger partial charge in [0.15, 0.2) is 5.11 Å². The van der Waals surface area contributed by atoms with Crippen molar-refractivity contribution in [3.8, 4) is 11.3 Å². The van der Waals surface area contributed by atoms with Crippen molar-refractivity contribution in [2.24, 2.45) is 5.92 Å². The van der Waals surface area contributed by atoms with Crippen LogP contribution in [-0.2, 0) is 0 Å². The van der Waals surface area contributed by atoms with Crippen LogP contribution in [0.1, 0.15) is 12.8 Å². The molecule has 0 aliphatic carbocycles. The van der Waals surface area contributed by atoms with Gasteiger partial charge in [-0.25, -0.2) is 15.0 Å². The number of piperidine rings is 3. The van der Waals surface area contributed by atoms with E-state index in [1.165, 1.54) is 12.5 Å². The van der Waals surface area contributed by atoms with E-state index in [0.29, 0.717) is 41.2 Å². The Morgan fingerprint density at radius 1 is 1.33 bits per heavy atom. The molecule has 5 heterocycles. The van der Waals surface area contributed by atoms with Crippen molar-refractivity contribution in [2.75, 3.05) is 31.5 Å². The zero-order chi connectivity index (χ0) is 18.9. The number of hydrogen-bond acceptors (Lipinski definition) is 6. The van der Waals surface area contributed by atoms with Crippen LogP contribution >= 0.6 is 12.2 Å². The normalized spacial score (nSPS) is 26.6. The Hall–Kier alpha value is -2.23. The summed E-state index contributed by atoms with van der Waals surface area (Å²) in [5.74, 6) is 0.158. The van der Waals surface area contributed by atoms with Crippen molar-refractivity contribution >= 4 is 23.1 Å². The number of halogens is 1. The summed E-state index contributed by atoms with van der Waals surface area (Å²) in [7, 11) is 0. The fourth-order valence-electron chi connectivity index (χ4n) is 3.89. The Balaban J connectivity index is 1.39. The van der Waals surface area contributed by atoms with Gasteiger partial charge in [-0.3, -0.25) is 0 Å². The van der Waals surface area contributed by atoms with Crippen molar-refractivity contribution in [2.45, 2.75) is 18.4 Å².